The summed E-state index contributed by atoms with van der Waals surface area (Å²) < 4.78 is 18.1. The fraction of sp³-hybridized carbons (Fsp3) is 0.364. The smallest absolute Gasteiger partial charge is 0.316 e. The van der Waals surface area contributed by atoms with Crippen molar-refractivity contribution in [1.82, 2.24) is 0 Å². The van der Waals surface area contributed by atoms with Gasteiger partial charge in [0.2, 0.25) is 5.82 Å². The van der Waals surface area contributed by atoms with Crippen LogP contribution in [0.5, 0.6) is 0 Å². The zero-order valence-electron chi connectivity index (χ0n) is 9.10. The summed E-state index contributed by atoms with van der Waals surface area (Å²) in [7, 11) is 1.22. The van der Waals surface area contributed by atoms with Gasteiger partial charge in [-0.3, -0.25) is 14.9 Å². The Morgan fingerprint density at radius 1 is 1.53 bits per heavy atom. The Morgan fingerprint density at radius 2 is 2.18 bits per heavy atom. The Hall–Kier alpha value is -1.98. The third-order valence-electron chi connectivity index (χ3n) is 3.01. The van der Waals surface area contributed by atoms with Crippen LogP contribution in [0.25, 0.3) is 0 Å². The number of halogens is 1. The first-order chi connectivity index (χ1) is 8.03. The third kappa shape index (κ3) is 1.65. The first-order valence-corrected chi connectivity index (χ1v) is 5.05. The van der Waals surface area contributed by atoms with Crippen molar-refractivity contribution in [3.63, 3.8) is 0 Å². The molecule has 0 atom stereocenters. The molecule has 0 aromatic heterocycles. The van der Waals surface area contributed by atoms with Gasteiger partial charge in [0.1, 0.15) is 0 Å². The first kappa shape index (κ1) is 11.5. The molecule has 6 heteroatoms. The lowest BCUT2D eigenvalue weighted by molar-refractivity contribution is -0.388. The Kier molecular flexibility index (Phi) is 2.57. The number of methoxy groups -OCH3 is 1. The Morgan fingerprint density at radius 3 is 2.65 bits per heavy atom. The van der Waals surface area contributed by atoms with Gasteiger partial charge in [-0.05, 0) is 18.9 Å². The largest absolute Gasteiger partial charge is 0.468 e. The number of nitro groups is 1. The second-order valence-electron chi connectivity index (χ2n) is 3.97. The Bertz CT molecular complexity index is 496. The van der Waals surface area contributed by atoms with Gasteiger partial charge in [0.05, 0.1) is 23.0 Å². The number of rotatable bonds is 3. The molecule has 1 aliphatic carbocycles. The van der Waals surface area contributed by atoms with Gasteiger partial charge in [-0.1, -0.05) is 12.1 Å². The van der Waals surface area contributed by atoms with Crippen LogP contribution in [0.2, 0.25) is 0 Å². The number of nitro benzene ring substituents is 1. The minimum absolute atomic E-state index is 0.106. The van der Waals surface area contributed by atoms with Crippen molar-refractivity contribution in [1.29, 1.82) is 0 Å². The van der Waals surface area contributed by atoms with E-state index >= 15 is 0 Å². The van der Waals surface area contributed by atoms with E-state index in [9.17, 15) is 19.3 Å². The van der Waals surface area contributed by atoms with Crippen molar-refractivity contribution in [2.45, 2.75) is 18.3 Å². The summed E-state index contributed by atoms with van der Waals surface area (Å²) in [4.78, 5) is 21.7. The monoisotopic (exact) mass is 239 g/mol. The third-order valence-corrected chi connectivity index (χ3v) is 3.01. The maximum atomic E-state index is 13.4. The molecule has 1 fully saturated rings. The van der Waals surface area contributed by atoms with Crippen LogP contribution in [0.1, 0.15) is 18.4 Å². The highest BCUT2D eigenvalue weighted by molar-refractivity contribution is 5.88. The number of para-hydroxylation sites is 1. The van der Waals surface area contributed by atoms with E-state index in [1.54, 1.807) is 0 Å². The molecule has 0 aliphatic heterocycles. The predicted molar refractivity (Wildman–Crippen MR) is 56.0 cm³/mol. The molecule has 1 saturated carbocycles. The summed E-state index contributed by atoms with van der Waals surface area (Å²) in [6.07, 6.45) is 0.897. The normalized spacial score (nSPS) is 16.4. The van der Waals surface area contributed by atoms with Crippen LogP contribution in [0.3, 0.4) is 0 Å². The second-order valence-corrected chi connectivity index (χ2v) is 3.97. The summed E-state index contributed by atoms with van der Waals surface area (Å²) in [6, 6.07) is 3.78. The van der Waals surface area contributed by atoms with Gasteiger partial charge in [0.15, 0.2) is 0 Å². The van der Waals surface area contributed by atoms with Crippen LogP contribution in [0.15, 0.2) is 18.2 Å². The Labute approximate surface area is 96.3 Å². The average Bonchev–Trinajstić information content (AvgIpc) is 3.08. The lowest BCUT2D eigenvalue weighted by atomic mass is 9.94. The Balaban J connectivity index is 2.57. The number of hydrogen-bond acceptors (Lipinski definition) is 4. The van der Waals surface area contributed by atoms with Gasteiger partial charge >= 0.3 is 11.7 Å². The molecule has 0 bridgehead atoms. The van der Waals surface area contributed by atoms with Crippen molar-refractivity contribution in [2.24, 2.45) is 0 Å². The molecular weight excluding hydrogens is 229 g/mol. The molecular formula is C11H10FNO4. The zero-order valence-corrected chi connectivity index (χ0v) is 9.10. The fourth-order valence-corrected chi connectivity index (χ4v) is 1.99. The quantitative estimate of drug-likeness (QED) is 0.459. The van der Waals surface area contributed by atoms with Gasteiger partial charge < -0.3 is 4.74 Å². The zero-order chi connectivity index (χ0) is 12.6. The SMILES string of the molecule is COC(=O)C1(c2cccc(F)c2[N+](=O)[O-])CC1. The summed E-state index contributed by atoms with van der Waals surface area (Å²) in [5.74, 6) is -1.48. The molecule has 1 aliphatic rings. The van der Waals surface area contributed by atoms with Crippen LogP contribution < -0.4 is 0 Å². The number of nitrogens with zero attached hydrogens (tertiary/aromatic N) is 1. The summed E-state index contributed by atoms with van der Waals surface area (Å²) in [5, 5.41) is 10.8. The number of carbonyl (C=O) groups excluding carboxylic acids is 1. The molecule has 0 unspecified atom stereocenters. The fourth-order valence-electron chi connectivity index (χ4n) is 1.99. The van der Waals surface area contributed by atoms with E-state index in [0.29, 0.717) is 12.8 Å². The minimum Gasteiger partial charge on any atom is -0.468 e. The van der Waals surface area contributed by atoms with E-state index in [1.807, 2.05) is 0 Å². The molecule has 0 amide bonds. The number of ether oxygens (including phenoxy) is 1. The lowest BCUT2D eigenvalue weighted by Crippen LogP contribution is -2.23. The van der Waals surface area contributed by atoms with E-state index in [0.717, 1.165) is 6.07 Å². The molecule has 2 rings (SSSR count). The highest BCUT2D eigenvalue weighted by Crippen LogP contribution is 2.52. The van der Waals surface area contributed by atoms with Crippen molar-refractivity contribution in [3.8, 4) is 0 Å². The highest BCUT2D eigenvalue weighted by atomic mass is 19.1. The number of esters is 1. The molecule has 0 radical (unpaired) electrons. The molecule has 0 saturated heterocycles. The van der Waals surface area contributed by atoms with Crippen LogP contribution in [-0.4, -0.2) is 18.0 Å². The van der Waals surface area contributed by atoms with Crippen LogP contribution in [0.4, 0.5) is 10.1 Å². The average molecular weight is 239 g/mol. The van der Waals surface area contributed by atoms with Crippen LogP contribution >= 0.6 is 0 Å². The highest BCUT2D eigenvalue weighted by Gasteiger charge is 2.56. The van der Waals surface area contributed by atoms with Gasteiger partial charge in [-0.15, -0.1) is 0 Å². The van der Waals surface area contributed by atoms with Crippen LogP contribution in [-0.2, 0) is 14.9 Å². The van der Waals surface area contributed by atoms with Gasteiger partial charge in [-0.2, -0.15) is 4.39 Å². The number of benzene rings is 1. The molecule has 90 valence electrons. The van der Waals surface area contributed by atoms with Crippen molar-refractivity contribution < 1.29 is 18.8 Å². The molecule has 0 N–H and O–H groups in total. The van der Waals surface area contributed by atoms with E-state index in [2.05, 4.69) is 4.74 Å². The van der Waals surface area contributed by atoms with Crippen molar-refractivity contribution in [3.05, 3.63) is 39.7 Å². The van der Waals surface area contributed by atoms with Gasteiger partial charge in [-0.25, -0.2) is 0 Å². The predicted octanol–water partition coefficient (Wildman–Crippen LogP) is 1.94. The van der Waals surface area contributed by atoms with Crippen molar-refractivity contribution >= 4 is 11.7 Å². The topological polar surface area (TPSA) is 69.4 Å². The maximum Gasteiger partial charge on any atom is 0.316 e. The standard InChI is InChI=1S/C11H10FNO4/c1-17-10(14)11(5-6-11)7-3-2-4-8(12)9(7)13(15)16/h2-4H,5-6H2,1H3. The summed E-state index contributed by atoms with van der Waals surface area (Å²) >= 11 is 0. The molecule has 0 heterocycles. The molecule has 1 aromatic rings. The van der Waals surface area contributed by atoms with E-state index in [1.165, 1.54) is 19.2 Å². The van der Waals surface area contributed by atoms with E-state index in [-0.39, 0.29) is 5.56 Å². The molecule has 5 nitrogen and oxygen atoms in total. The van der Waals surface area contributed by atoms with Gasteiger partial charge in [0, 0.05) is 0 Å². The number of hydrogen-bond donors (Lipinski definition) is 0. The summed E-state index contributed by atoms with van der Waals surface area (Å²) in [5.41, 5.74) is -1.55. The molecule has 0 spiro atoms. The minimum atomic E-state index is -1.03. The number of carbonyl (C=O) groups is 1. The molecule has 1 aromatic carbocycles. The van der Waals surface area contributed by atoms with E-state index < -0.39 is 27.8 Å². The van der Waals surface area contributed by atoms with Crippen molar-refractivity contribution in [2.75, 3.05) is 7.11 Å². The summed E-state index contributed by atoms with van der Waals surface area (Å²) in [6.45, 7) is 0. The van der Waals surface area contributed by atoms with E-state index in [4.69, 9.17) is 0 Å². The first-order valence-electron chi connectivity index (χ1n) is 5.05. The van der Waals surface area contributed by atoms with Gasteiger partial charge in [0.25, 0.3) is 0 Å². The molecule has 17 heavy (non-hydrogen) atoms. The second kappa shape index (κ2) is 3.80. The maximum absolute atomic E-state index is 13.4. The van der Waals surface area contributed by atoms with Crippen LogP contribution in [0, 0.1) is 15.9 Å². The lowest BCUT2D eigenvalue weighted by Gasteiger charge is -2.13.